The number of carbonyl (C=O) groups is 2. The van der Waals surface area contributed by atoms with Crippen LogP contribution in [0.4, 0.5) is 0 Å². The Bertz CT molecular complexity index is 921. The van der Waals surface area contributed by atoms with Crippen LogP contribution in [0.15, 0.2) is 44.4 Å². The van der Waals surface area contributed by atoms with Gasteiger partial charge in [-0.05, 0) is 30.5 Å². The van der Waals surface area contributed by atoms with E-state index in [0.29, 0.717) is 17.1 Å². The van der Waals surface area contributed by atoms with Crippen LogP contribution < -0.4 is 10.5 Å². The minimum absolute atomic E-state index is 0.0985. The molecule has 2 atom stereocenters. The molecule has 0 bridgehead atoms. The molecule has 2 rings (SSSR count). The van der Waals surface area contributed by atoms with Gasteiger partial charge in [0.15, 0.2) is 9.92 Å². The minimum Gasteiger partial charge on any atom is -0.320 e. The number of nitrogens with zero attached hydrogens (tertiary/aromatic N) is 2. The van der Waals surface area contributed by atoms with E-state index in [1.54, 1.807) is 29.8 Å². The number of rotatable bonds is 7. The summed E-state index contributed by atoms with van der Waals surface area (Å²) >= 11 is 6.96. The Hall–Kier alpha value is -1.81. The van der Waals surface area contributed by atoms with Crippen molar-refractivity contribution in [3.8, 4) is 0 Å². The zero-order chi connectivity index (χ0) is 20.0. The van der Waals surface area contributed by atoms with Crippen molar-refractivity contribution in [2.24, 2.45) is 16.0 Å². The first-order valence-corrected chi connectivity index (χ1v) is 11.0. The minimum atomic E-state index is -3.54. The summed E-state index contributed by atoms with van der Waals surface area (Å²) in [5.74, 6) is -1.13. The van der Waals surface area contributed by atoms with Crippen LogP contribution in [0.2, 0.25) is 5.02 Å². The van der Waals surface area contributed by atoms with Crippen LogP contribution in [-0.4, -0.2) is 27.0 Å². The Morgan fingerprint density at radius 3 is 2.70 bits per heavy atom. The second-order valence-corrected chi connectivity index (χ2v) is 9.78. The van der Waals surface area contributed by atoms with E-state index in [1.807, 2.05) is 13.8 Å². The molecular weight excluding hydrogens is 408 g/mol. The molecule has 0 radical (unpaired) electrons. The zero-order valence-electron chi connectivity index (χ0n) is 14.9. The first kappa shape index (κ1) is 21.5. The number of nitrogens with one attached hydrogen (secondary N) is 1. The lowest BCUT2D eigenvalue weighted by Crippen LogP contribution is -2.36. The fourth-order valence-corrected chi connectivity index (χ4v) is 5.28. The van der Waals surface area contributed by atoms with Crippen LogP contribution in [0.1, 0.15) is 26.0 Å². The molecule has 0 aliphatic rings. The van der Waals surface area contributed by atoms with Crippen molar-refractivity contribution in [1.29, 1.82) is 0 Å². The molecular formula is C17H21ClN4O3S2. The SMILES string of the molecule is CC(C)CC(N)C(=O)N=S(=O)(NC(=O)Cc1ccccn1)c1cc(Cl)cs1. The average molecular weight is 429 g/mol. The summed E-state index contributed by atoms with van der Waals surface area (Å²) in [6.07, 6.45) is 1.85. The molecule has 27 heavy (non-hydrogen) atoms. The van der Waals surface area contributed by atoms with Gasteiger partial charge in [-0.3, -0.25) is 19.3 Å². The summed E-state index contributed by atoms with van der Waals surface area (Å²) in [5.41, 5.74) is 6.35. The second kappa shape index (κ2) is 9.41. The maximum Gasteiger partial charge on any atom is 0.272 e. The Morgan fingerprint density at radius 2 is 2.15 bits per heavy atom. The summed E-state index contributed by atoms with van der Waals surface area (Å²) in [4.78, 5) is 28.8. The van der Waals surface area contributed by atoms with Crippen molar-refractivity contribution < 1.29 is 13.8 Å². The number of halogens is 1. The molecule has 0 saturated carbocycles. The van der Waals surface area contributed by atoms with Crippen molar-refractivity contribution in [2.45, 2.75) is 36.9 Å². The molecule has 2 unspecified atom stereocenters. The van der Waals surface area contributed by atoms with Crippen molar-refractivity contribution in [1.82, 2.24) is 9.71 Å². The highest BCUT2D eigenvalue weighted by molar-refractivity contribution is 7.94. The van der Waals surface area contributed by atoms with E-state index in [-0.39, 0.29) is 16.5 Å². The number of thiophene rings is 1. The Labute approximate surface area is 167 Å². The molecule has 146 valence electrons. The lowest BCUT2D eigenvalue weighted by Gasteiger charge is -2.13. The third kappa shape index (κ3) is 6.39. The van der Waals surface area contributed by atoms with Gasteiger partial charge in [0.25, 0.3) is 5.91 Å². The van der Waals surface area contributed by atoms with Crippen molar-refractivity contribution in [3.05, 3.63) is 46.6 Å². The molecule has 10 heteroatoms. The molecule has 3 N–H and O–H groups in total. The van der Waals surface area contributed by atoms with Gasteiger partial charge in [-0.1, -0.05) is 31.5 Å². The molecule has 2 heterocycles. The Balaban J connectivity index is 2.30. The first-order valence-electron chi connectivity index (χ1n) is 8.20. The highest BCUT2D eigenvalue weighted by Gasteiger charge is 2.23. The largest absolute Gasteiger partial charge is 0.320 e. The van der Waals surface area contributed by atoms with E-state index in [0.717, 1.165) is 11.3 Å². The van der Waals surface area contributed by atoms with Crippen LogP contribution in [0.3, 0.4) is 0 Å². The fourth-order valence-electron chi connectivity index (χ4n) is 2.22. The molecule has 2 aromatic heterocycles. The first-order chi connectivity index (χ1) is 12.7. The van der Waals surface area contributed by atoms with Crippen molar-refractivity contribution >= 4 is 44.7 Å². The van der Waals surface area contributed by atoms with Gasteiger partial charge >= 0.3 is 0 Å². The molecule has 0 aliphatic carbocycles. The molecule has 0 spiro atoms. The van der Waals surface area contributed by atoms with Crippen LogP contribution >= 0.6 is 22.9 Å². The predicted molar refractivity (Wildman–Crippen MR) is 107 cm³/mol. The van der Waals surface area contributed by atoms with Gasteiger partial charge in [0.2, 0.25) is 5.91 Å². The van der Waals surface area contributed by atoms with E-state index in [2.05, 4.69) is 14.1 Å². The fraction of sp³-hybridized carbons (Fsp3) is 0.353. The van der Waals surface area contributed by atoms with Gasteiger partial charge in [0, 0.05) is 17.3 Å². The molecule has 7 nitrogen and oxygen atoms in total. The van der Waals surface area contributed by atoms with Gasteiger partial charge < -0.3 is 5.73 Å². The molecule has 0 fully saturated rings. The lowest BCUT2D eigenvalue weighted by atomic mass is 10.0. The molecule has 0 aliphatic heterocycles. The van der Waals surface area contributed by atoms with E-state index in [4.69, 9.17) is 17.3 Å². The Kier molecular flexibility index (Phi) is 7.49. The molecule has 0 aromatic carbocycles. The van der Waals surface area contributed by atoms with Gasteiger partial charge in [-0.15, -0.1) is 15.7 Å². The summed E-state index contributed by atoms with van der Waals surface area (Å²) < 4.78 is 19.7. The van der Waals surface area contributed by atoms with Gasteiger partial charge in [-0.2, -0.15) is 0 Å². The maximum absolute atomic E-state index is 13.4. The van der Waals surface area contributed by atoms with Crippen LogP contribution in [0.25, 0.3) is 0 Å². The van der Waals surface area contributed by atoms with Crippen LogP contribution in [0.5, 0.6) is 0 Å². The number of hydrogen-bond acceptors (Lipinski definition) is 6. The highest BCUT2D eigenvalue weighted by atomic mass is 35.5. The number of pyridine rings is 1. The standard InChI is InChI=1S/C17H21ClN4O3S2/c1-11(2)7-14(19)17(24)22-27(25,16-8-12(18)10-26-16)21-15(23)9-13-5-3-4-6-20-13/h3-6,8,10-11,14H,7,9,19H2,1-2H3,(H,21,22,23,24,25). The second-order valence-electron chi connectivity index (χ2n) is 6.30. The summed E-state index contributed by atoms with van der Waals surface area (Å²) in [7, 11) is -3.54. The predicted octanol–water partition coefficient (Wildman–Crippen LogP) is 2.80. The van der Waals surface area contributed by atoms with E-state index in [1.165, 1.54) is 6.07 Å². The van der Waals surface area contributed by atoms with Crippen LogP contribution in [-0.2, 0) is 25.9 Å². The number of hydrogen-bond donors (Lipinski definition) is 2. The molecule has 2 amide bonds. The monoisotopic (exact) mass is 428 g/mol. The van der Waals surface area contributed by atoms with Gasteiger partial charge in [0.05, 0.1) is 17.5 Å². The average Bonchev–Trinajstić information content (AvgIpc) is 3.02. The third-order valence-corrected chi connectivity index (χ3v) is 7.04. The third-order valence-electron chi connectivity index (χ3n) is 3.40. The van der Waals surface area contributed by atoms with Gasteiger partial charge in [-0.25, -0.2) is 4.21 Å². The number of carbonyl (C=O) groups excluding carboxylic acids is 2. The molecule has 0 saturated heterocycles. The van der Waals surface area contributed by atoms with E-state index in [9.17, 15) is 13.8 Å². The number of nitrogens with two attached hydrogens (primary N) is 1. The quantitative estimate of drug-likeness (QED) is 0.703. The highest BCUT2D eigenvalue weighted by Crippen LogP contribution is 2.25. The van der Waals surface area contributed by atoms with E-state index >= 15 is 0 Å². The smallest absolute Gasteiger partial charge is 0.272 e. The number of amides is 2. The lowest BCUT2D eigenvalue weighted by molar-refractivity contribution is -0.119. The topological polar surface area (TPSA) is 115 Å². The Morgan fingerprint density at radius 1 is 1.41 bits per heavy atom. The van der Waals surface area contributed by atoms with Crippen LogP contribution in [0, 0.1) is 5.92 Å². The normalized spacial score (nSPS) is 14.4. The maximum atomic E-state index is 13.4. The zero-order valence-corrected chi connectivity index (χ0v) is 17.3. The summed E-state index contributed by atoms with van der Waals surface area (Å²) in [6, 6.07) is 5.66. The van der Waals surface area contributed by atoms with Crippen molar-refractivity contribution in [3.63, 3.8) is 0 Å². The van der Waals surface area contributed by atoms with E-state index < -0.39 is 27.8 Å². The van der Waals surface area contributed by atoms with Gasteiger partial charge in [0.1, 0.15) is 4.21 Å². The summed E-state index contributed by atoms with van der Waals surface area (Å²) in [5, 5.41) is 1.89. The summed E-state index contributed by atoms with van der Waals surface area (Å²) in [6.45, 7) is 3.83. The number of aromatic nitrogens is 1. The van der Waals surface area contributed by atoms with Crippen molar-refractivity contribution in [2.75, 3.05) is 0 Å². The molecule has 2 aromatic rings.